The number of methoxy groups -OCH3 is 1. The Labute approximate surface area is 197 Å². The first-order chi connectivity index (χ1) is 16.3. The molecule has 0 unspecified atom stereocenters. The van der Waals surface area contributed by atoms with Gasteiger partial charge in [-0.05, 0) is 55.0 Å². The average Bonchev–Trinajstić information content (AvgIpc) is 3.06. The minimum Gasteiger partial charge on any atom is -0.493 e. The van der Waals surface area contributed by atoms with E-state index >= 15 is 0 Å². The van der Waals surface area contributed by atoms with Crippen LogP contribution < -0.4 is 14.5 Å². The molecule has 4 aromatic rings. The molecule has 0 bridgehead atoms. The number of rotatable bonds is 7. The summed E-state index contributed by atoms with van der Waals surface area (Å²) in [5.41, 5.74) is 2.10. The average molecular weight is 478 g/mol. The minimum absolute atomic E-state index is 0.0388. The third-order valence-corrected chi connectivity index (χ3v) is 6.53. The topological polar surface area (TPSA) is 91.9 Å². The molecule has 1 aromatic heterocycles. The molecule has 174 valence electrons. The van der Waals surface area contributed by atoms with Crippen molar-refractivity contribution in [2.45, 2.75) is 11.8 Å². The summed E-state index contributed by atoms with van der Waals surface area (Å²) in [6.07, 6.45) is 1.52. The lowest BCUT2D eigenvalue weighted by Crippen LogP contribution is -2.19. The maximum Gasteiger partial charge on any atom is 0.339 e. The molecule has 0 spiro atoms. The van der Waals surface area contributed by atoms with E-state index in [9.17, 15) is 13.2 Å². The van der Waals surface area contributed by atoms with Gasteiger partial charge in [-0.1, -0.05) is 36.4 Å². The standard InChI is InChI=1S/C25H23N3O5S/c1-18-24(25(29)28(27(18)2)20-10-6-4-7-11-20)26-17-19-14-15-22(23(16-19)32-3)33-34(30,31)21-12-8-5-9-13-21/h4-17H,1-3H3. The predicted molar refractivity (Wildman–Crippen MR) is 130 cm³/mol. The van der Waals surface area contributed by atoms with Crippen LogP contribution >= 0.6 is 0 Å². The number of benzene rings is 3. The van der Waals surface area contributed by atoms with Gasteiger partial charge in [0.05, 0.1) is 18.5 Å². The summed E-state index contributed by atoms with van der Waals surface area (Å²) in [6.45, 7) is 1.82. The molecular weight excluding hydrogens is 454 g/mol. The number of aromatic nitrogens is 2. The van der Waals surface area contributed by atoms with Gasteiger partial charge in [0.15, 0.2) is 17.2 Å². The number of aliphatic imine (C=N–C) groups is 1. The van der Waals surface area contributed by atoms with Gasteiger partial charge in [-0.2, -0.15) is 8.42 Å². The quantitative estimate of drug-likeness (QED) is 0.296. The monoisotopic (exact) mass is 477 g/mol. The van der Waals surface area contributed by atoms with Crippen molar-refractivity contribution < 1.29 is 17.3 Å². The summed E-state index contributed by atoms with van der Waals surface area (Å²) >= 11 is 0. The van der Waals surface area contributed by atoms with Crippen molar-refractivity contribution in [1.29, 1.82) is 0 Å². The summed E-state index contributed by atoms with van der Waals surface area (Å²) in [5, 5.41) is 0. The molecule has 0 N–H and O–H groups in total. The molecule has 9 heteroatoms. The third-order valence-electron chi connectivity index (χ3n) is 5.29. The molecule has 34 heavy (non-hydrogen) atoms. The van der Waals surface area contributed by atoms with Crippen molar-refractivity contribution in [3.05, 3.63) is 100 Å². The van der Waals surface area contributed by atoms with Crippen LogP contribution in [0.4, 0.5) is 5.69 Å². The molecule has 0 atom stereocenters. The second-order valence-corrected chi connectivity index (χ2v) is 8.98. The van der Waals surface area contributed by atoms with E-state index in [-0.39, 0.29) is 22.0 Å². The van der Waals surface area contributed by atoms with Crippen molar-refractivity contribution >= 4 is 22.0 Å². The van der Waals surface area contributed by atoms with Crippen LogP contribution in [0.5, 0.6) is 11.5 Å². The van der Waals surface area contributed by atoms with Crippen molar-refractivity contribution in [1.82, 2.24) is 9.36 Å². The smallest absolute Gasteiger partial charge is 0.339 e. The van der Waals surface area contributed by atoms with Crippen LogP contribution in [-0.2, 0) is 17.2 Å². The molecule has 0 radical (unpaired) electrons. The number of ether oxygens (including phenoxy) is 1. The molecule has 8 nitrogen and oxygen atoms in total. The van der Waals surface area contributed by atoms with Crippen LogP contribution in [0.2, 0.25) is 0 Å². The molecule has 4 rings (SSSR count). The lowest BCUT2D eigenvalue weighted by molar-refractivity contribution is 0.390. The van der Waals surface area contributed by atoms with Crippen molar-refractivity contribution in [2.24, 2.45) is 12.0 Å². The van der Waals surface area contributed by atoms with Gasteiger partial charge >= 0.3 is 10.1 Å². The van der Waals surface area contributed by atoms with Gasteiger partial charge in [0.25, 0.3) is 5.56 Å². The zero-order chi connectivity index (χ0) is 24.3. The van der Waals surface area contributed by atoms with Crippen molar-refractivity contribution in [2.75, 3.05) is 7.11 Å². The van der Waals surface area contributed by atoms with Crippen LogP contribution in [0.25, 0.3) is 5.69 Å². The highest BCUT2D eigenvalue weighted by molar-refractivity contribution is 7.87. The van der Waals surface area contributed by atoms with E-state index in [1.54, 1.807) is 46.7 Å². The fourth-order valence-electron chi connectivity index (χ4n) is 3.43. The molecule has 0 aliphatic carbocycles. The Balaban J connectivity index is 1.64. The molecule has 0 saturated heterocycles. The van der Waals surface area contributed by atoms with Gasteiger partial charge in [0.2, 0.25) is 0 Å². The summed E-state index contributed by atoms with van der Waals surface area (Å²) in [4.78, 5) is 17.5. The minimum atomic E-state index is -4.01. The van der Waals surface area contributed by atoms with Gasteiger partial charge in [0, 0.05) is 13.3 Å². The molecule has 1 heterocycles. The highest BCUT2D eigenvalue weighted by atomic mass is 32.2. The van der Waals surface area contributed by atoms with Gasteiger partial charge in [-0.25, -0.2) is 9.67 Å². The Hall–Kier alpha value is -4.11. The zero-order valence-corrected chi connectivity index (χ0v) is 19.7. The van der Waals surface area contributed by atoms with Crippen LogP contribution in [0.15, 0.2) is 93.5 Å². The van der Waals surface area contributed by atoms with Gasteiger partial charge in [-0.3, -0.25) is 9.48 Å². The second-order valence-electron chi connectivity index (χ2n) is 7.43. The Kier molecular flexibility index (Phi) is 6.38. The number of hydrogen-bond acceptors (Lipinski definition) is 6. The van der Waals surface area contributed by atoms with E-state index in [4.69, 9.17) is 8.92 Å². The Morgan fingerprint density at radius 3 is 2.21 bits per heavy atom. The molecule has 0 fully saturated rings. The van der Waals surface area contributed by atoms with Crippen molar-refractivity contribution in [3.63, 3.8) is 0 Å². The second kappa shape index (κ2) is 9.40. The predicted octanol–water partition coefficient (Wildman–Crippen LogP) is 4.01. The molecule has 0 aliphatic heterocycles. The Morgan fingerprint density at radius 1 is 0.912 bits per heavy atom. The lowest BCUT2D eigenvalue weighted by atomic mass is 10.2. The van der Waals surface area contributed by atoms with Crippen molar-refractivity contribution in [3.8, 4) is 17.2 Å². The van der Waals surface area contributed by atoms with E-state index < -0.39 is 10.1 Å². The number of hydrogen-bond donors (Lipinski definition) is 0. The van der Waals surface area contributed by atoms with E-state index in [0.717, 1.165) is 5.69 Å². The Morgan fingerprint density at radius 2 is 1.56 bits per heavy atom. The summed E-state index contributed by atoms with van der Waals surface area (Å²) < 4.78 is 39.0. The SMILES string of the molecule is COc1cc(C=Nc2c(C)n(C)n(-c3ccccc3)c2=O)ccc1OS(=O)(=O)c1ccccc1. The van der Waals surface area contributed by atoms with E-state index in [0.29, 0.717) is 16.9 Å². The van der Waals surface area contributed by atoms with Crippen LogP contribution in [0.1, 0.15) is 11.3 Å². The maximum absolute atomic E-state index is 13.0. The Bertz CT molecular complexity index is 1510. The van der Waals surface area contributed by atoms with E-state index in [1.807, 2.05) is 37.3 Å². The zero-order valence-electron chi connectivity index (χ0n) is 18.9. The lowest BCUT2D eigenvalue weighted by Gasteiger charge is -2.11. The first kappa shape index (κ1) is 23.1. The normalized spacial score (nSPS) is 11.6. The highest BCUT2D eigenvalue weighted by Gasteiger charge is 2.19. The summed E-state index contributed by atoms with van der Waals surface area (Å²) in [7, 11) is -0.803. The molecule has 0 amide bonds. The van der Waals surface area contributed by atoms with E-state index in [1.165, 1.54) is 31.5 Å². The van der Waals surface area contributed by atoms with Gasteiger partial charge < -0.3 is 8.92 Å². The first-order valence-electron chi connectivity index (χ1n) is 10.4. The maximum atomic E-state index is 13.0. The summed E-state index contributed by atoms with van der Waals surface area (Å²) in [6, 6.07) is 21.9. The molecule has 3 aromatic carbocycles. The van der Waals surface area contributed by atoms with Crippen LogP contribution in [-0.4, -0.2) is 31.1 Å². The summed E-state index contributed by atoms with van der Waals surface area (Å²) in [5.74, 6) is 0.265. The third kappa shape index (κ3) is 4.51. The van der Waals surface area contributed by atoms with Gasteiger partial charge in [-0.15, -0.1) is 0 Å². The van der Waals surface area contributed by atoms with Crippen LogP contribution in [0, 0.1) is 6.92 Å². The number of nitrogens with zero attached hydrogens (tertiary/aromatic N) is 3. The van der Waals surface area contributed by atoms with Crippen LogP contribution in [0.3, 0.4) is 0 Å². The highest BCUT2D eigenvalue weighted by Crippen LogP contribution is 2.30. The fraction of sp³-hybridized carbons (Fsp3) is 0.120. The van der Waals surface area contributed by atoms with Gasteiger partial charge in [0.1, 0.15) is 4.90 Å². The largest absolute Gasteiger partial charge is 0.493 e. The first-order valence-corrected chi connectivity index (χ1v) is 11.8. The molecular formula is C25H23N3O5S. The van der Waals surface area contributed by atoms with E-state index in [2.05, 4.69) is 4.99 Å². The molecule has 0 saturated carbocycles. The number of para-hydroxylation sites is 1. The fourth-order valence-corrected chi connectivity index (χ4v) is 4.39. The molecule has 0 aliphatic rings.